The summed E-state index contributed by atoms with van der Waals surface area (Å²) in [5.74, 6) is 1.13. The first-order chi connectivity index (χ1) is 15.2. The summed E-state index contributed by atoms with van der Waals surface area (Å²) in [6.07, 6.45) is 4.81. The Kier molecular flexibility index (Phi) is 4.34. The molecule has 0 unspecified atom stereocenters. The number of aromatic amines is 1. The standard InChI is InChI=1S/C23H26N6O2/c1-15(30)27-10-7-22-19(12-27)23(26-29(22)18-13-31-14-18)28-9-2-3-17-11-16(4-5-21(17)28)20-6-8-24-25-20/h4-6,8,11,18H,2-3,7,9-10,12-14H2,1H3,(H,24,25). The van der Waals surface area contributed by atoms with Crippen molar-refractivity contribution in [3.05, 3.63) is 47.3 Å². The van der Waals surface area contributed by atoms with Gasteiger partial charge in [0, 0.05) is 55.1 Å². The first-order valence-electron chi connectivity index (χ1n) is 11.0. The Morgan fingerprint density at radius 3 is 2.84 bits per heavy atom. The Morgan fingerprint density at radius 2 is 2.10 bits per heavy atom. The summed E-state index contributed by atoms with van der Waals surface area (Å²) in [6.45, 7) is 5.40. The van der Waals surface area contributed by atoms with Crippen molar-refractivity contribution >= 4 is 17.4 Å². The van der Waals surface area contributed by atoms with E-state index in [-0.39, 0.29) is 5.91 Å². The van der Waals surface area contributed by atoms with Crippen molar-refractivity contribution in [1.82, 2.24) is 24.9 Å². The van der Waals surface area contributed by atoms with Crippen LogP contribution in [0.4, 0.5) is 11.5 Å². The molecule has 6 rings (SSSR count). The Bertz CT molecular complexity index is 1130. The van der Waals surface area contributed by atoms with Crippen LogP contribution in [-0.2, 0) is 28.9 Å². The minimum absolute atomic E-state index is 0.124. The van der Waals surface area contributed by atoms with Crippen LogP contribution in [0.25, 0.3) is 11.3 Å². The monoisotopic (exact) mass is 418 g/mol. The fraction of sp³-hybridized carbons (Fsp3) is 0.435. The first-order valence-corrected chi connectivity index (χ1v) is 11.0. The van der Waals surface area contributed by atoms with Crippen molar-refractivity contribution in [2.75, 3.05) is 31.2 Å². The number of nitrogens with one attached hydrogen (secondary N) is 1. The van der Waals surface area contributed by atoms with E-state index in [9.17, 15) is 4.79 Å². The van der Waals surface area contributed by atoms with E-state index in [1.807, 2.05) is 17.2 Å². The molecular weight excluding hydrogens is 392 g/mol. The molecule has 0 bridgehead atoms. The molecule has 1 aromatic carbocycles. The average Bonchev–Trinajstić information content (AvgIpc) is 3.40. The number of benzene rings is 1. The van der Waals surface area contributed by atoms with Crippen molar-refractivity contribution in [1.29, 1.82) is 0 Å². The van der Waals surface area contributed by atoms with E-state index >= 15 is 0 Å². The van der Waals surface area contributed by atoms with Gasteiger partial charge in [0.1, 0.15) is 0 Å². The van der Waals surface area contributed by atoms with E-state index < -0.39 is 0 Å². The van der Waals surface area contributed by atoms with Gasteiger partial charge in [0.2, 0.25) is 5.91 Å². The molecule has 1 fully saturated rings. The average molecular weight is 419 g/mol. The fourth-order valence-corrected chi connectivity index (χ4v) is 4.98. The van der Waals surface area contributed by atoms with E-state index in [2.05, 4.69) is 38.0 Å². The van der Waals surface area contributed by atoms with E-state index in [0.717, 1.165) is 49.4 Å². The predicted molar refractivity (Wildman–Crippen MR) is 116 cm³/mol. The second-order valence-corrected chi connectivity index (χ2v) is 8.63. The smallest absolute Gasteiger partial charge is 0.219 e. The number of anilines is 2. The molecule has 3 aromatic rings. The van der Waals surface area contributed by atoms with Crippen molar-refractivity contribution in [2.24, 2.45) is 0 Å². The number of hydrogen-bond acceptors (Lipinski definition) is 5. The van der Waals surface area contributed by atoms with Gasteiger partial charge in [-0.2, -0.15) is 10.2 Å². The quantitative estimate of drug-likeness (QED) is 0.708. The zero-order chi connectivity index (χ0) is 20.9. The Hall–Kier alpha value is -3.13. The van der Waals surface area contributed by atoms with Crippen molar-refractivity contribution in [2.45, 2.75) is 38.8 Å². The summed E-state index contributed by atoms with van der Waals surface area (Å²) in [7, 11) is 0. The van der Waals surface area contributed by atoms with Crippen molar-refractivity contribution in [3.63, 3.8) is 0 Å². The molecule has 0 spiro atoms. The molecule has 31 heavy (non-hydrogen) atoms. The van der Waals surface area contributed by atoms with Gasteiger partial charge in [-0.3, -0.25) is 14.6 Å². The van der Waals surface area contributed by atoms with Crippen LogP contribution in [0.5, 0.6) is 0 Å². The van der Waals surface area contributed by atoms with E-state index in [0.29, 0.717) is 25.8 Å². The molecule has 8 nitrogen and oxygen atoms in total. The highest BCUT2D eigenvalue weighted by Gasteiger charge is 2.34. The van der Waals surface area contributed by atoms with E-state index in [1.54, 1.807) is 6.92 Å². The van der Waals surface area contributed by atoms with Crippen LogP contribution in [-0.4, -0.2) is 57.1 Å². The molecule has 1 saturated heterocycles. The molecule has 1 amide bonds. The van der Waals surface area contributed by atoms with Gasteiger partial charge in [-0.1, -0.05) is 6.07 Å². The predicted octanol–water partition coefficient (Wildman–Crippen LogP) is 2.83. The fourth-order valence-electron chi connectivity index (χ4n) is 4.98. The van der Waals surface area contributed by atoms with Crippen LogP contribution in [0.15, 0.2) is 30.5 Å². The van der Waals surface area contributed by atoms with Crippen LogP contribution >= 0.6 is 0 Å². The van der Waals surface area contributed by atoms with Crippen LogP contribution in [0, 0.1) is 0 Å². The van der Waals surface area contributed by atoms with Gasteiger partial charge in [0.15, 0.2) is 5.82 Å². The second-order valence-electron chi connectivity index (χ2n) is 8.63. The molecule has 3 aliphatic heterocycles. The van der Waals surface area contributed by atoms with Gasteiger partial charge in [0.25, 0.3) is 0 Å². The lowest BCUT2D eigenvalue weighted by atomic mass is 9.97. The molecule has 2 aromatic heterocycles. The Morgan fingerprint density at radius 1 is 1.19 bits per heavy atom. The second kappa shape index (κ2) is 7.23. The summed E-state index contributed by atoms with van der Waals surface area (Å²) in [4.78, 5) is 16.4. The normalized spacial score (nSPS) is 18.5. The summed E-state index contributed by atoms with van der Waals surface area (Å²) >= 11 is 0. The van der Waals surface area contributed by atoms with Crippen molar-refractivity contribution in [3.8, 4) is 11.3 Å². The summed E-state index contributed by atoms with van der Waals surface area (Å²) in [6, 6.07) is 8.89. The van der Waals surface area contributed by atoms with Gasteiger partial charge in [-0.25, -0.2) is 0 Å². The first kappa shape index (κ1) is 18.6. The maximum atomic E-state index is 12.1. The Balaban J connectivity index is 1.42. The highest BCUT2D eigenvalue weighted by atomic mass is 16.5. The van der Waals surface area contributed by atoms with E-state index in [4.69, 9.17) is 9.84 Å². The van der Waals surface area contributed by atoms with Gasteiger partial charge in [-0.05, 0) is 36.6 Å². The number of hydrogen-bond donors (Lipinski definition) is 1. The third-order valence-electron chi connectivity index (χ3n) is 6.73. The minimum Gasteiger partial charge on any atom is -0.377 e. The van der Waals surface area contributed by atoms with Gasteiger partial charge in [0.05, 0.1) is 31.5 Å². The number of carbonyl (C=O) groups is 1. The number of aryl methyl sites for hydroxylation is 1. The lowest BCUT2D eigenvalue weighted by molar-refractivity contribution is -0.129. The lowest BCUT2D eigenvalue weighted by Gasteiger charge is -2.33. The molecule has 0 saturated carbocycles. The number of nitrogens with zero attached hydrogens (tertiary/aromatic N) is 5. The molecule has 8 heteroatoms. The summed E-state index contributed by atoms with van der Waals surface area (Å²) in [5, 5.41) is 12.3. The van der Waals surface area contributed by atoms with Gasteiger partial charge >= 0.3 is 0 Å². The third-order valence-corrected chi connectivity index (χ3v) is 6.73. The molecule has 0 atom stereocenters. The van der Waals surface area contributed by atoms with Crippen LogP contribution < -0.4 is 4.90 Å². The maximum absolute atomic E-state index is 12.1. The molecule has 0 aliphatic carbocycles. The number of carbonyl (C=O) groups excluding carboxylic acids is 1. The number of aromatic nitrogens is 4. The summed E-state index contributed by atoms with van der Waals surface area (Å²) < 4.78 is 7.63. The highest BCUT2D eigenvalue weighted by molar-refractivity contribution is 5.76. The molecule has 1 N–H and O–H groups in total. The zero-order valence-electron chi connectivity index (χ0n) is 17.7. The van der Waals surface area contributed by atoms with Crippen molar-refractivity contribution < 1.29 is 9.53 Å². The van der Waals surface area contributed by atoms with Crippen LogP contribution in [0.1, 0.15) is 36.2 Å². The lowest BCUT2D eigenvalue weighted by Crippen LogP contribution is -2.37. The molecule has 160 valence electrons. The van der Waals surface area contributed by atoms with Crippen LogP contribution in [0.3, 0.4) is 0 Å². The third kappa shape index (κ3) is 3.05. The van der Waals surface area contributed by atoms with E-state index in [1.165, 1.54) is 22.5 Å². The highest BCUT2D eigenvalue weighted by Crippen LogP contribution is 2.40. The topological polar surface area (TPSA) is 79.3 Å². The largest absolute Gasteiger partial charge is 0.377 e. The number of amides is 1. The Labute approximate surface area is 180 Å². The maximum Gasteiger partial charge on any atom is 0.219 e. The van der Waals surface area contributed by atoms with Crippen LogP contribution in [0.2, 0.25) is 0 Å². The number of rotatable bonds is 3. The zero-order valence-corrected chi connectivity index (χ0v) is 17.7. The number of ether oxygens (including phenoxy) is 1. The number of fused-ring (bicyclic) bond motifs is 2. The molecule has 5 heterocycles. The number of H-pyrrole nitrogens is 1. The summed E-state index contributed by atoms with van der Waals surface area (Å²) in [5.41, 5.74) is 7.08. The molecule has 0 radical (unpaired) electrons. The SMILES string of the molecule is CC(=O)N1CCc2c(c(N3CCCc4cc(-c5cc[nH]n5)ccc43)nn2C2COC2)C1. The van der Waals surface area contributed by atoms with Gasteiger partial charge < -0.3 is 14.5 Å². The molecular formula is C23H26N6O2. The molecule has 3 aliphatic rings. The minimum atomic E-state index is 0.124. The van der Waals surface area contributed by atoms with Gasteiger partial charge in [-0.15, -0.1) is 0 Å².